The van der Waals surface area contributed by atoms with Gasteiger partial charge in [0.2, 0.25) is 0 Å². The zero-order valence-corrected chi connectivity index (χ0v) is 26.7. The molecule has 1 atom stereocenters. The normalized spacial score (nSPS) is 13.4. The van der Waals surface area contributed by atoms with Crippen LogP contribution in [0.2, 0.25) is 13.1 Å². The van der Waals surface area contributed by atoms with E-state index in [-0.39, 0.29) is 51.0 Å². The van der Waals surface area contributed by atoms with Gasteiger partial charge in [0.15, 0.2) is 0 Å². The Morgan fingerprint density at radius 3 is 2.05 bits per heavy atom. The first-order chi connectivity index (χ1) is 16.7. The van der Waals surface area contributed by atoms with E-state index in [9.17, 15) is 0 Å². The van der Waals surface area contributed by atoms with Gasteiger partial charge in [0.05, 0.1) is 0 Å². The van der Waals surface area contributed by atoms with Crippen LogP contribution in [-0.4, -0.2) is 9.52 Å². The summed E-state index contributed by atoms with van der Waals surface area (Å²) in [7, 11) is 1.08. The number of hydrogen-bond donors (Lipinski definition) is 0. The van der Waals surface area contributed by atoms with Crippen LogP contribution in [0.5, 0.6) is 0 Å². The Balaban J connectivity index is 0.000000767. The molecular formula is C33H31Cl2SiZr. The molecule has 0 aromatic heterocycles. The maximum absolute atomic E-state index is 2.46. The fraction of sp³-hybridized carbons (Fsp3) is 0.182. The maximum Gasteiger partial charge on any atom is 3.00 e. The van der Waals surface area contributed by atoms with Crippen LogP contribution in [0.1, 0.15) is 41.5 Å². The van der Waals surface area contributed by atoms with Crippen LogP contribution >= 0.6 is 0 Å². The van der Waals surface area contributed by atoms with Crippen molar-refractivity contribution in [2.24, 2.45) is 0 Å². The zero-order valence-electron chi connectivity index (χ0n) is 21.8. The molecule has 6 rings (SSSR count). The monoisotopic (exact) mass is 615 g/mol. The average molecular weight is 618 g/mol. The number of allylic oxidation sites excluding steroid dienone is 1. The molecule has 1 aliphatic carbocycles. The number of aryl methyl sites for hydroxylation is 1. The van der Waals surface area contributed by atoms with Gasteiger partial charge in [-0.15, -0.1) is 33.7 Å². The van der Waals surface area contributed by atoms with Crippen molar-refractivity contribution in [1.29, 1.82) is 0 Å². The first kappa shape index (κ1) is 31.4. The predicted molar refractivity (Wildman–Crippen MR) is 151 cm³/mol. The number of halogens is 2. The van der Waals surface area contributed by atoms with Crippen molar-refractivity contribution in [3.63, 3.8) is 0 Å². The molecule has 5 aromatic rings. The van der Waals surface area contributed by atoms with Gasteiger partial charge in [-0.25, -0.2) is 0 Å². The van der Waals surface area contributed by atoms with Crippen molar-refractivity contribution in [2.75, 3.05) is 0 Å². The van der Waals surface area contributed by atoms with Gasteiger partial charge >= 0.3 is 26.2 Å². The van der Waals surface area contributed by atoms with Gasteiger partial charge in [-0.3, -0.25) is 0 Å². The van der Waals surface area contributed by atoms with Gasteiger partial charge in [-0.2, -0.15) is 0 Å². The Morgan fingerprint density at radius 1 is 0.730 bits per heavy atom. The van der Waals surface area contributed by atoms with E-state index in [1.54, 1.807) is 0 Å². The van der Waals surface area contributed by atoms with E-state index < -0.39 is 0 Å². The molecule has 0 spiro atoms. The SMILES string of the molecule is CCC1=Cc2c(-c3ccccc3C)cccc2C1c1cccc2c1[cH-]c1ccccc12.C[Si]C.[Cl-].[Cl-].[Zr+3]. The molecule has 4 heteroatoms. The Morgan fingerprint density at radius 2 is 1.32 bits per heavy atom. The van der Waals surface area contributed by atoms with Crippen molar-refractivity contribution in [3.8, 4) is 11.1 Å². The zero-order chi connectivity index (χ0) is 23.7. The summed E-state index contributed by atoms with van der Waals surface area (Å²) in [6.07, 6.45) is 3.52. The van der Waals surface area contributed by atoms with Crippen molar-refractivity contribution >= 4 is 37.1 Å². The molecule has 0 nitrogen and oxygen atoms in total. The molecule has 5 aromatic carbocycles. The third-order valence-electron chi connectivity index (χ3n) is 7.00. The van der Waals surface area contributed by atoms with E-state index in [1.165, 1.54) is 60.5 Å². The first-order valence-corrected chi connectivity index (χ1v) is 14.2. The Hall–Kier alpha value is -1.83. The third-order valence-corrected chi connectivity index (χ3v) is 7.00. The van der Waals surface area contributed by atoms with Crippen LogP contribution in [-0.2, 0) is 26.2 Å². The van der Waals surface area contributed by atoms with Crippen LogP contribution in [0.25, 0.3) is 38.7 Å². The van der Waals surface area contributed by atoms with Crippen LogP contribution in [0.3, 0.4) is 0 Å². The summed E-state index contributed by atoms with van der Waals surface area (Å²) in [5.74, 6) is 0.324. The Bertz CT molecular complexity index is 1520. The topological polar surface area (TPSA) is 0 Å². The molecule has 0 bridgehead atoms. The summed E-state index contributed by atoms with van der Waals surface area (Å²) in [6.45, 7) is 8.81. The van der Waals surface area contributed by atoms with E-state index in [0.717, 1.165) is 15.9 Å². The van der Waals surface area contributed by atoms with Gasteiger partial charge in [-0.05, 0) is 41.2 Å². The second kappa shape index (κ2) is 13.8. The fourth-order valence-corrected chi connectivity index (χ4v) is 5.50. The molecular weight excluding hydrogens is 587 g/mol. The number of benzene rings is 4. The molecule has 0 heterocycles. The van der Waals surface area contributed by atoms with E-state index >= 15 is 0 Å². The molecule has 3 radical (unpaired) electrons. The summed E-state index contributed by atoms with van der Waals surface area (Å²) < 4.78 is 0. The van der Waals surface area contributed by atoms with E-state index in [0.29, 0.717) is 5.92 Å². The molecule has 0 N–H and O–H groups in total. The van der Waals surface area contributed by atoms with Crippen molar-refractivity contribution < 1.29 is 51.0 Å². The summed E-state index contributed by atoms with van der Waals surface area (Å²) >= 11 is 0. The molecule has 0 fully saturated rings. The number of rotatable bonds is 3. The van der Waals surface area contributed by atoms with Crippen LogP contribution in [0.15, 0.2) is 96.6 Å². The number of hydrogen-bond acceptors (Lipinski definition) is 0. The van der Waals surface area contributed by atoms with Gasteiger partial charge in [0, 0.05) is 15.4 Å². The van der Waals surface area contributed by atoms with Gasteiger partial charge in [0.1, 0.15) is 0 Å². The van der Waals surface area contributed by atoms with E-state index in [2.05, 4.69) is 124 Å². The molecule has 0 saturated heterocycles. The minimum absolute atomic E-state index is 0. The molecule has 0 amide bonds. The minimum Gasteiger partial charge on any atom is -1.00 e. The van der Waals surface area contributed by atoms with Crippen LogP contribution < -0.4 is 24.8 Å². The third kappa shape index (κ3) is 5.79. The van der Waals surface area contributed by atoms with E-state index in [1.807, 2.05) is 0 Å². The van der Waals surface area contributed by atoms with Crippen molar-refractivity contribution in [2.45, 2.75) is 39.3 Å². The van der Waals surface area contributed by atoms with Crippen molar-refractivity contribution in [3.05, 3.63) is 119 Å². The molecule has 0 saturated carbocycles. The standard InChI is InChI=1S/C31H25.C2H6Si.2ClH.Zr/c1-3-21-18-29-25(23-12-6-4-10-20(23)2)14-8-16-27(29)31(21)28-17-9-15-26-24-13-7-5-11-22(24)19-30(26)28;1-3-2;;;/h4-19,31H,3H2,1-2H3;1-2H3;2*1H;/q-1;;;;+3/p-2. The quantitative estimate of drug-likeness (QED) is 0.215. The minimum atomic E-state index is 0. The molecule has 0 aliphatic heterocycles. The molecule has 1 aliphatic rings. The van der Waals surface area contributed by atoms with Gasteiger partial charge < -0.3 is 24.8 Å². The van der Waals surface area contributed by atoms with Crippen LogP contribution in [0.4, 0.5) is 0 Å². The molecule has 37 heavy (non-hydrogen) atoms. The maximum atomic E-state index is 2.46. The van der Waals surface area contributed by atoms with Gasteiger partial charge in [-0.1, -0.05) is 116 Å². The smallest absolute Gasteiger partial charge is 1.00 e. The van der Waals surface area contributed by atoms with E-state index in [4.69, 9.17) is 0 Å². The van der Waals surface area contributed by atoms with Gasteiger partial charge in [0.25, 0.3) is 0 Å². The largest absolute Gasteiger partial charge is 3.00 e. The summed E-state index contributed by atoms with van der Waals surface area (Å²) in [5.41, 5.74) is 9.79. The average Bonchev–Trinajstić information content (AvgIpc) is 3.43. The van der Waals surface area contributed by atoms with Crippen molar-refractivity contribution in [1.82, 2.24) is 0 Å². The number of fused-ring (bicyclic) bond motifs is 4. The molecule has 1 unspecified atom stereocenters. The first-order valence-electron chi connectivity index (χ1n) is 12.2. The summed E-state index contributed by atoms with van der Waals surface area (Å²) in [5, 5.41) is 5.45. The van der Waals surface area contributed by atoms with Crippen LogP contribution in [0, 0.1) is 6.92 Å². The second-order valence-corrected chi connectivity index (χ2v) is 10.2. The summed E-state index contributed by atoms with van der Waals surface area (Å²) in [4.78, 5) is 0. The Kier molecular flexibility index (Phi) is 11.7. The molecule has 185 valence electrons. The predicted octanol–water partition coefficient (Wildman–Crippen LogP) is 3.42. The fourth-order valence-electron chi connectivity index (χ4n) is 5.50. The Labute approximate surface area is 255 Å². The summed E-state index contributed by atoms with van der Waals surface area (Å²) in [6, 6.07) is 33.6. The second-order valence-electron chi connectivity index (χ2n) is 9.17.